The smallest absolute Gasteiger partial charge is 0.0976 e. The maximum Gasteiger partial charge on any atom is 0.0976 e. The Bertz CT molecular complexity index is 204. The molecule has 3 atom stereocenters. The molecule has 102 valence electrons. The van der Waals surface area contributed by atoms with Crippen LogP contribution < -0.4 is 5.73 Å². The SMILES string of the molecule is NCCCCCCN1CC[C@@H](O)[C@H](O)[C@H]1CO. The average molecular weight is 246 g/mol. The van der Waals surface area contributed by atoms with Gasteiger partial charge in [-0.25, -0.2) is 0 Å². The summed E-state index contributed by atoms with van der Waals surface area (Å²) >= 11 is 0. The van der Waals surface area contributed by atoms with Gasteiger partial charge in [0.15, 0.2) is 0 Å². The van der Waals surface area contributed by atoms with Gasteiger partial charge in [0.05, 0.1) is 24.9 Å². The van der Waals surface area contributed by atoms with Crippen molar-refractivity contribution in [2.75, 3.05) is 26.2 Å². The van der Waals surface area contributed by atoms with E-state index >= 15 is 0 Å². The molecule has 0 spiro atoms. The zero-order chi connectivity index (χ0) is 12.7. The van der Waals surface area contributed by atoms with Gasteiger partial charge in [0.2, 0.25) is 0 Å². The number of likely N-dealkylation sites (tertiary alicyclic amines) is 1. The first-order valence-corrected chi connectivity index (χ1v) is 6.61. The van der Waals surface area contributed by atoms with E-state index in [1.165, 1.54) is 0 Å². The summed E-state index contributed by atoms with van der Waals surface area (Å²) in [4.78, 5) is 2.08. The Morgan fingerprint density at radius 2 is 1.82 bits per heavy atom. The zero-order valence-electron chi connectivity index (χ0n) is 10.5. The first kappa shape index (κ1) is 14.9. The highest BCUT2D eigenvalue weighted by molar-refractivity contribution is 4.88. The van der Waals surface area contributed by atoms with E-state index in [0.29, 0.717) is 6.42 Å². The van der Waals surface area contributed by atoms with E-state index in [4.69, 9.17) is 5.73 Å². The molecule has 17 heavy (non-hydrogen) atoms. The van der Waals surface area contributed by atoms with E-state index in [1.54, 1.807) is 0 Å². The molecular formula is C12H26N2O3. The Labute approximate surface area is 103 Å². The van der Waals surface area contributed by atoms with Crippen molar-refractivity contribution >= 4 is 0 Å². The quantitative estimate of drug-likeness (QED) is 0.446. The number of unbranched alkanes of at least 4 members (excludes halogenated alkanes) is 3. The first-order chi connectivity index (χ1) is 8.20. The van der Waals surface area contributed by atoms with Crippen LogP contribution in [-0.4, -0.2) is 64.7 Å². The fourth-order valence-corrected chi connectivity index (χ4v) is 2.42. The second-order valence-corrected chi connectivity index (χ2v) is 4.84. The van der Waals surface area contributed by atoms with Gasteiger partial charge in [-0.15, -0.1) is 0 Å². The van der Waals surface area contributed by atoms with E-state index in [-0.39, 0.29) is 12.6 Å². The summed E-state index contributed by atoms with van der Waals surface area (Å²) in [5.41, 5.74) is 5.43. The summed E-state index contributed by atoms with van der Waals surface area (Å²) in [6.45, 7) is 2.27. The van der Waals surface area contributed by atoms with Crippen LogP contribution in [0.3, 0.4) is 0 Å². The zero-order valence-corrected chi connectivity index (χ0v) is 10.5. The Morgan fingerprint density at radius 1 is 1.12 bits per heavy atom. The van der Waals surface area contributed by atoms with Crippen LogP contribution in [0.5, 0.6) is 0 Å². The normalized spacial score (nSPS) is 30.7. The molecule has 0 bridgehead atoms. The lowest BCUT2D eigenvalue weighted by molar-refractivity contribution is -0.0896. The van der Waals surface area contributed by atoms with Crippen LogP contribution in [0, 0.1) is 0 Å². The third-order valence-electron chi connectivity index (χ3n) is 3.56. The summed E-state index contributed by atoms with van der Waals surface area (Å²) in [7, 11) is 0. The Hall–Kier alpha value is -0.200. The first-order valence-electron chi connectivity index (χ1n) is 6.61. The molecule has 0 radical (unpaired) electrons. The molecule has 5 N–H and O–H groups in total. The van der Waals surface area contributed by atoms with Crippen LogP contribution in [0.25, 0.3) is 0 Å². The van der Waals surface area contributed by atoms with Crippen LogP contribution >= 0.6 is 0 Å². The van der Waals surface area contributed by atoms with Crippen LogP contribution in [0.4, 0.5) is 0 Å². The van der Waals surface area contributed by atoms with Gasteiger partial charge in [0.25, 0.3) is 0 Å². The predicted molar refractivity (Wildman–Crippen MR) is 66.6 cm³/mol. The molecule has 0 amide bonds. The number of hydrogen-bond acceptors (Lipinski definition) is 5. The molecule has 1 heterocycles. The number of piperidine rings is 1. The van der Waals surface area contributed by atoms with Crippen molar-refractivity contribution in [1.82, 2.24) is 4.90 Å². The molecule has 0 aromatic heterocycles. The molecule has 0 unspecified atom stereocenters. The van der Waals surface area contributed by atoms with Crippen molar-refractivity contribution in [3.63, 3.8) is 0 Å². The summed E-state index contributed by atoms with van der Waals surface area (Å²) in [6, 6.07) is -0.312. The fraction of sp³-hybridized carbons (Fsp3) is 1.00. The van der Waals surface area contributed by atoms with Gasteiger partial charge >= 0.3 is 0 Å². The highest BCUT2D eigenvalue weighted by Gasteiger charge is 2.34. The molecule has 0 aliphatic carbocycles. The summed E-state index contributed by atoms with van der Waals surface area (Å²) < 4.78 is 0. The molecule has 1 rings (SSSR count). The molecule has 5 nitrogen and oxygen atoms in total. The maximum atomic E-state index is 9.78. The molecule has 0 aromatic carbocycles. The van der Waals surface area contributed by atoms with Gasteiger partial charge < -0.3 is 21.1 Å². The van der Waals surface area contributed by atoms with Gasteiger partial charge in [-0.3, -0.25) is 4.90 Å². The molecule has 1 saturated heterocycles. The summed E-state index contributed by atoms with van der Waals surface area (Å²) in [6.07, 6.45) is 3.45. The molecule has 1 fully saturated rings. The van der Waals surface area contributed by atoms with E-state index < -0.39 is 12.2 Å². The average Bonchev–Trinajstić information content (AvgIpc) is 2.33. The summed E-state index contributed by atoms with van der Waals surface area (Å²) in [5.74, 6) is 0. The van der Waals surface area contributed by atoms with E-state index in [9.17, 15) is 15.3 Å². The lowest BCUT2D eigenvalue weighted by Crippen LogP contribution is -2.56. The molecule has 5 heteroatoms. The molecule has 0 aromatic rings. The number of nitrogens with two attached hydrogens (primary N) is 1. The largest absolute Gasteiger partial charge is 0.395 e. The fourth-order valence-electron chi connectivity index (χ4n) is 2.42. The number of rotatable bonds is 7. The topological polar surface area (TPSA) is 90.0 Å². The lowest BCUT2D eigenvalue weighted by atomic mass is 9.96. The monoisotopic (exact) mass is 246 g/mol. The van der Waals surface area contributed by atoms with Crippen LogP contribution in [0.2, 0.25) is 0 Å². The second-order valence-electron chi connectivity index (χ2n) is 4.84. The minimum atomic E-state index is -0.821. The number of hydrogen-bond donors (Lipinski definition) is 4. The molecule has 0 saturated carbocycles. The number of aliphatic hydroxyl groups excluding tert-OH is 3. The predicted octanol–water partition coefficient (Wildman–Crippen LogP) is -0.706. The third-order valence-corrected chi connectivity index (χ3v) is 3.56. The summed E-state index contributed by atoms with van der Waals surface area (Å²) in [5, 5.41) is 28.6. The van der Waals surface area contributed by atoms with Gasteiger partial charge in [-0.1, -0.05) is 12.8 Å². The minimum absolute atomic E-state index is 0.0962. The van der Waals surface area contributed by atoms with Crippen molar-refractivity contribution in [2.24, 2.45) is 5.73 Å². The van der Waals surface area contributed by atoms with Crippen LogP contribution in [0.1, 0.15) is 32.1 Å². The van der Waals surface area contributed by atoms with Gasteiger partial charge in [0.1, 0.15) is 0 Å². The van der Waals surface area contributed by atoms with Crippen molar-refractivity contribution < 1.29 is 15.3 Å². The highest BCUT2D eigenvalue weighted by atomic mass is 16.3. The number of nitrogens with zero attached hydrogens (tertiary/aromatic N) is 1. The maximum absolute atomic E-state index is 9.78. The van der Waals surface area contributed by atoms with Crippen molar-refractivity contribution in [2.45, 2.75) is 50.4 Å². The van der Waals surface area contributed by atoms with Crippen LogP contribution in [-0.2, 0) is 0 Å². The second kappa shape index (κ2) is 8.00. The van der Waals surface area contributed by atoms with Gasteiger partial charge in [0, 0.05) is 6.54 Å². The molecule has 1 aliphatic heterocycles. The Morgan fingerprint density at radius 3 is 2.47 bits per heavy atom. The van der Waals surface area contributed by atoms with Crippen molar-refractivity contribution in [3.8, 4) is 0 Å². The van der Waals surface area contributed by atoms with Gasteiger partial charge in [-0.05, 0) is 32.4 Å². The Balaban J connectivity index is 2.26. The van der Waals surface area contributed by atoms with E-state index in [1.807, 2.05) is 0 Å². The van der Waals surface area contributed by atoms with E-state index in [2.05, 4.69) is 4.90 Å². The van der Waals surface area contributed by atoms with Crippen LogP contribution in [0.15, 0.2) is 0 Å². The van der Waals surface area contributed by atoms with Crippen molar-refractivity contribution in [1.29, 1.82) is 0 Å². The van der Waals surface area contributed by atoms with Gasteiger partial charge in [-0.2, -0.15) is 0 Å². The highest BCUT2D eigenvalue weighted by Crippen LogP contribution is 2.18. The minimum Gasteiger partial charge on any atom is -0.395 e. The molecular weight excluding hydrogens is 220 g/mol. The number of aliphatic hydroxyl groups is 3. The van der Waals surface area contributed by atoms with Crippen molar-refractivity contribution in [3.05, 3.63) is 0 Å². The van der Waals surface area contributed by atoms with E-state index in [0.717, 1.165) is 45.3 Å². The molecule has 1 aliphatic rings. The standard InChI is InChI=1S/C12H26N2O3/c13-6-3-1-2-4-7-14-8-5-11(16)12(17)10(14)9-15/h10-12,15-17H,1-9,13H2/t10-,11-,12-/m1/s1. The Kier molecular flexibility index (Phi) is 6.99. The lowest BCUT2D eigenvalue weighted by Gasteiger charge is -2.40. The third kappa shape index (κ3) is 4.52.